The number of aromatic amines is 1. The molecule has 1 N–H and O–H groups in total. The second-order valence-corrected chi connectivity index (χ2v) is 3.11. The molecule has 2 rings (SSSR count). The van der Waals surface area contributed by atoms with Crippen molar-refractivity contribution in [2.24, 2.45) is 0 Å². The molecule has 0 bridgehead atoms. The van der Waals surface area contributed by atoms with E-state index in [2.05, 4.69) is 9.72 Å². The topological polar surface area (TPSA) is 42.1 Å². The van der Waals surface area contributed by atoms with E-state index in [1.807, 2.05) is 44.3 Å². The van der Waals surface area contributed by atoms with Gasteiger partial charge in [0.25, 0.3) is 0 Å². The first-order valence-electron chi connectivity index (χ1n) is 5.43. The minimum absolute atomic E-state index is 0. The maximum Gasteiger partial charge on any atom is 0.310 e. The van der Waals surface area contributed by atoms with Gasteiger partial charge in [-0.3, -0.25) is 4.79 Å². The van der Waals surface area contributed by atoms with Gasteiger partial charge in [-0.25, -0.2) is 0 Å². The summed E-state index contributed by atoms with van der Waals surface area (Å²) in [7, 11) is 1.40. The number of hydrogen-bond acceptors (Lipinski definition) is 2. The number of H-pyrrole nitrogens is 1. The van der Waals surface area contributed by atoms with E-state index in [0.717, 1.165) is 16.5 Å². The molecule has 0 aliphatic heterocycles. The van der Waals surface area contributed by atoms with Crippen LogP contribution < -0.4 is 0 Å². The predicted octanol–water partition coefficient (Wildman–Crippen LogP) is 3.36. The fourth-order valence-corrected chi connectivity index (χ4v) is 1.51. The molecule has 0 saturated carbocycles. The van der Waals surface area contributed by atoms with Gasteiger partial charge in [-0.1, -0.05) is 32.0 Å². The summed E-state index contributed by atoms with van der Waals surface area (Å²) < 4.78 is 4.62. The average molecular weight is 323 g/mol. The van der Waals surface area contributed by atoms with Crippen LogP contribution >= 0.6 is 0 Å². The summed E-state index contributed by atoms with van der Waals surface area (Å²) in [4.78, 5) is 14.2. The van der Waals surface area contributed by atoms with Crippen LogP contribution in [0.5, 0.6) is 0 Å². The summed E-state index contributed by atoms with van der Waals surface area (Å²) >= 11 is 0. The van der Waals surface area contributed by atoms with Crippen molar-refractivity contribution in [3.05, 3.63) is 43.5 Å². The molecule has 2 aromatic rings. The first-order chi connectivity index (χ1) is 7.81. The zero-order valence-corrected chi connectivity index (χ0v) is 14.3. The summed E-state index contributed by atoms with van der Waals surface area (Å²) in [6.45, 7) is 4.00. The molecule has 1 aromatic carbocycles. The van der Waals surface area contributed by atoms with Crippen molar-refractivity contribution < 1.29 is 42.2 Å². The van der Waals surface area contributed by atoms with E-state index in [-0.39, 0.29) is 46.1 Å². The Morgan fingerprint density at radius 3 is 2.50 bits per heavy atom. The van der Waals surface area contributed by atoms with Gasteiger partial charge in [0, 0.05) is 49.8 Å². The van der Waals surface area contributed by atoms with Crippen LogP contribution in [0.25, 0.3) is 10.9 Å². The van der Waals surface area contributed by atoms with Gasteiger partial charge in [0.15, 0.2) is 0 Å². The van der Waals surface area contributed by atoms with Gasteiger partial charge in [0.2, 0.25) is 0 Å². The molecular formula is C14H20NO2Y-. The molecule has 0 aliphatic carbocycles. The van der Waals surface area contributed by atoms with E-state index in [4.69, 9.17) is 0 Å². The Morgan fingerprint density at radius 2 is 1.89 bits per heavy atom. The molecule has 0 unspecified atom stereocenters. The van der Waals surface area contributed by atoms with E-state index < -0.39 is 0 Å². The average Bonchev–Trinajstić information content (AvgIpc) is 2.75. The number of methoxy groups -OCH3 is 1. The number of rotatable bonds is 2. The number of carbonyl (C=O) groups is 1. The second kappa shape index (κ2) is 10.3. The molecule has 0 amide bonds. The van der Waals surface area contributed by atoms with Crippen molar-refractivity contribution in [3.63, 3.8) is 0 Å². The summed E-state index contributed by atoms with van der Waals surface area (Å²) in [6.07, 6.45) is 2.17. The third-order valence-corrected chi connectivity index (χ3v) is 2.24. The monoisotopic (exact) mass is 323 g/mol. The minimum atomic E-state index is -0.213. The van der Waals surface area contributed by atoms with Crippen molar-refractivity contribution in [2.45, 2.75) is 20.3 Å². The van der Waals surface area contributed by atoms with Crippen LogP contribution in [0.4, 0.5) is 0 Å². The van der Waals surface area contributed by atoms with Crippen molar-refractivity contribution in [1.29, 1.82) is 0 Å². The smallest absolute Gasteiger partial charge is 0.310 e. The molecule has 4 heteroatoms. The number of fused-ring (bicyclic) bond motifs is 1. The van der Waals surface area contributed by atoms with Crippen LogP contribution in [0.1, 0.15) is 19.4 Å². The Hall–Kier alpha value is -0.666. The number of hydrogen-bond donors (Lipinski definition) is 1. The predicted molar refractivity (Wildman–Crippen MR) is 71.8 cm³/mol. The van der Waals surface area contributed by atoms with Crippen LogP contribution in [-0.4, -0.2) is 18.1 Å². The largest absolute Gasteiger partial charge is 0.469 e. The molecule has 1 heterocycles. The number of nitrogens with one attached hydrogen (secondary N) is 1. The van der Waals surface area contributed by atoms with Crippen LogP contribution in [0, 0.1) is 7.43 Å². The molecule has 1 aromatic heterocycles. The molecule has 18 heavy (non-hydrogen) atoms. The fourth-order valence-electron chi connectivity index (χ4n) is 1.51. The first-order valence-corrected chi connectivity index (χ1v) is 5.43. The Bertz CT molecular complexity index is 466. The van der Waals surface area contributed by atoms with Gasteiger partial charge in [0.05, 0.1) is 13.5 Å². The number of esters is 1. The molecule has 0 spiro atoms. The zero-order chi connectivity index (χ0) is 12.0. The van der Waals surface area contributed by atoms with Crippen molar-refractivity contribution in [2.75, 3.05) is 7.11 Å². The number of ether oxygens (including phenoxy) is 1. The van der Waals surface area contributed by atoms with E-state index >= 15 is 0 Å². The van der Waals surface area contributed by atoms with Crippen molar-refractivity contribution in [3.8, 4) is 0 Å². The third-order valence-electron chi connectivity index (χ3n) is 2.24. The molecule has 0 saturated heterocycles. The van der Waals surface area contributed by atoms with Crippen LogP contribution in [0.15, 0.2) is 30.5 Å². The van der Waals surface area contributed by atoms with Crippen molar-refractivity contribution >= 4 is 16.9 Å². The molecule has 0 atom stereocenters. The van der Waals surface area contributed by atoms with E-state index in [0.29, 0.717) is 6.42 Å². The van der Waals surface area contributed by atoms with Gasteiger partial charge in [-0.2, -0.15) is 0 Å². The Kier molecular flexibility index (Phi) is 11.2. The summed E-state index contributed by atoms with van der Waals surface area (Å²) in [5.41, 5.74) is 2.03. The number of aromatic nitrogens is 1. The quantitative estimate of drug-likeness (QED) is 0.680. The van der Waals surface area contributed by atoms with Crippen LogP contribution in [0.2, 0.25) is 0 Å². The standard InChI is InChI=1S/C11H11NO2.C2H6.CH3.Y/c1-14-11(13)6-8-7-12-10-5-3-2-4-9(8)10;1-2;;/h2-5,7,12H,6H2,1H3;1-2H3;1H3;/q;;-1;. The van der Waals surface area contributed by atoms with Crippen LogP contribution in [0.3, 0.4) is 0 Å². The van der Waals surface area contributed by atoms with Gasteiger partial charge in [-0.15, -0.1) is 0 Å². The Morgan fingerprint density at radius 1 is 1.28 bits per heavy atom. The number of para-hydroxylation sites is 1. The van der Waals surface area contributed by atoms with Crippen molar-refractivity contribution in [1.82, 2.24) is 4.98 Å². The molecule has 1 radical (unpaired) electrons. The summed E-state index contributed by atoms with van der Waals surface area (Å²) in [5, 5.41) is 1.08. The zero-order valence-electron chi connectivity index (χ0n) is 11.5. The van der Waals surface area contributed by atoms with E-state index in [1.54, 1.807) is 0 Å². The van der Waals surface area contributed by atoms with Gasteiger partial charge in [-0.05, 0) is 11.6 Å². The Labute approximate surface area is 134 Å². The molecule has 97 valence electrons. The fraction of sp³-hybridized carbons (Fsp3) is 0.286. The first kappa shape index (κ1) is 19.7. The third kappa shape index (κ3) is 4.91. The maximum atomic E-state index is 11.1. The minimum Gasteiger partial charge on any atom is -0.469 e. The summed E-state index contributed by atoms with van der Waals surface area (Å²) in [6, 6.07) is 7.89. The van der Waals surface area contributed by atoms with Crippen LogP contribution in [-0.2, 0) is 48.7 Å². The molecule has 0 fully saturated rings. The maximum absolute atomic E-state index is 11.1. The van der Waals surface area contributed by atoms with Gasteiger partial charge < -0.3 is 17.1 Å². The molecular weight excluding hydrogens is 303 g/mol. The molecule has 3 nitrogen and oxygen atoms in total. The Balaban J connectivity index is 0. The van der Waals surface area contributed by atoms with Gasteiger partial charge in [0.1, 0.15) is 0 Å². The summed E-state index contributed by atoms with van der Waals surface area (Å²) in [5.74, 6) is -0.213. The van der Waals surface area contributed by atoms with Gasteiger partial charge >= 0.3 is 5.97 Å². The van der Waals surface area contributed by atoms with E-state index in [1.165, 1.54) is 7.11 Å². The normalized spacial score (nSPS) is 8.39. The SMILES string of the molecule is CC.COC(=O)Cc1c[nH]c2ccccc12.[CH3-].[Y]. The van der Waals surface area contributed by atoms with E-state index in [9.17, 15) is 4.79 Å². The number of carbonyl (C=O) groups excluding carboxylic acids is 1. The second-order valence-electron chi connectivity index (χ2n) is 3.11. The molecule has 0 aliphatic rings. The number of benzene rings is 1.